The molecule has 0 radical (unpaired) electrons. The van der Waals surface area contributed by atoms with Crippen molar-refractivity contribution in [3.05, 3.63) is 35.9 Å². The summed E-state index contributed by atoms with van der Waals surface area (Å²) in [7, 11) is 2.18. The Morgan fingerprint density at radius 3 is 2.64 bits per heavy atom. The van der Waals surface area contributed by atoms with Gasteiger partial charge < -0.3 is 10.2 Å². The molecule has 1 aromatic carbocycles. The van der Waals surface area contributed by atoms with Gasteiger partial charge in [0.1, 0.15) is 0 Å². The van der Waals surface area contributed by atoms with Crippen LogP contribution in [0, 0.1) is 0 Å². The standard InChI is InChI=1S/C12H18N2/c1-12(10-14(2)9-8-13-12)11-6-4-3-5-7-11/h3-7,13H,8-10H2,1-2H3. The third-order valence-electron chi connectivity index (χ3n) is 3.01. The molecular formula is C12H18N2. The van der Waals surface area contributed by atoms with Gasteiger partial charge in [-0.25, -0.2) is 0 Å². The van der Waals surface area contributed by atoms with Gasteiger partial charge in [-0.15, -0.1) is 0 Å². The average molecular weight is 190 g/mol. The van der Waals surface area contributed by atoms with E-state index >= 15 is 0 Å². The fourth-order valence-electron chi connectivity index (χ4n) is 2.20. The lowest BCUT2D eigenvalue weighted by atomic mass is 9.90. The molecule has 0 bridgehead atoms. The molecular weight excluding hydrogens is 172 g/mol. The number of hydrogen-bond acceptors (Lipinski definition) is 2. The molecule has 0 aliphatic carbocycles. The smallest absolute Gasteiger partial charge is 0.0535 e. The van der Waals surface area contributed by atoms with Crippen LogP contribution in [0.5, 0.6) is 0 Å². The molecule has 1 aliphatic heterocycles. The predicted molar refractivity (Wildman–Crippen MR) is 59.3 cm³/mol. The van der Waals surface area contributed by atoms with Crippen LogP contribution in [0.1, 0.15) is 12.5 Å². The Balaban J connectivity index is 2.23. The van der Waals surface area contributed by atoms with E-state index in [4.69, 9.17) is 0 Å². The molecule has 1 unspecified atom stereocenters. The maximum absolute atomic E-state index is 3.60. The van der Waals surface area contributed by atoms with E-state index in [2.05, 4.69) is 54.5 Å². The maximum atomic E-state index is 3.60. The Hall–Kier alpha value is -0.860. The Bertz CT molecular complexity index is 296. The average Bonchev–Trinajstić information content (AvgIpc) is 2.19. The van der Waals surface area contributed by atoms with Gasteiger partial charge in [0.05, 0.1) is 5.54 Å². The molecule has 1 fully saturated rings. The van der Waals surface area contributed by atoms with Gasteiger partial charge in [0, 0.05) is 19.6 Å². The quantitative estimate of drug-likeness (QED) is 0.721. The Labute approximate surface area is 85.9 Å². The third kappa shape index (κ3) is 1.81. The highest BCUT2D eigenvalue weighted by atomic mass is 15.2. The van der Waals surface area contributed by atoms with Crippen molar-refractivity contribution in [2.24, 2.45) is 0 Å². The van der Waals surface area contributed by atoms with Crippen molar-refractivity contribution in [3.8, 4) is 0 Å². The van der Waals surface area contributed by atoms with Gasteiger partial charge >= 0.3 is 0 Å². The van der Waals surface area contributed by atoms with E-state index in [1.807, 2.05) is 0 Å². The number of nitrogens with one attached hydrogen (secondary N) is 1. The van der Waals surface area contributed by atoms with E-state index in [-0.39, 0.29) is 5.54 Å². The van der Waals surface area contributed by atoms with Crippen LogP contribution in [0.15, 0.2) is 30.3 Å². The lowest BCUT2D eigenvalue weighted by Gasteiger charge is -2.40. The highest BCUT2D eigenvalue weighted by molar-refractivity contribution is 5.24. The van der Waals surface area contributed by atoms with E-state index in [9.17, 15) is 0 Å². The first kappa shape index (κ1) is 9.69. The molecule has 2 heteroatoms. The summed E-state index contributed by atoms with van der Waals surface area (Å²) < 4.78 is 0. The van der Waals surface area contributed by atoms with E-state index in [1.165, 1.54) is 5.56 Å². The third-order valence-corrected chi connectivity index (χ3v) is 3.01. The zero-order valence-electron chi connectivity index (χ0n) is 8.96. The van der Waals surface area contributed by atoms with Crippen LogP contribution in [0.2, 0.25) is 0 Å². The van der Waals surface area contributed by atoms with Gasteiger partial charge in [0.25, 0.3) is 0 Å². The minimum absolute atomic E-state index is 0.119. The molecule has 1 N–H and O–H groups in total. The zero-order chi connectivity index (χ0) is 10.0. The van der Waals surface area contributed by atoms with Crippen LogP contribution < -0.4 is 5.32 Å². The van der Waals surface area contributed by atoms with Crippen LogP contribution in [0.25, 0.3) is 0 Å². The normalized spacial score (nSPS) is 29.0. The lowest BCUT2D eigenvalue weighted by molar-refractivity contribution is 0.171. The number of nitrogens with zero attached hydrogens (tertiary/aromatic N) is 1. The summed E-state index contributed by atoms with van der Waals surface area (Å²) in [6.45, 7) is 5.57. The Morgan fingerprint density at radius 1 is 1.29 bits per heavy atom. The van der Waals surface area contributed by atoms with Crippen molar-refractivity contribution in [1.82, 2.24) is 10.2 Å². The van der Waals surface area contributed by atoms with Crippen LogP contribution in [-0.4, -0.2) is 31.6 Å². The maximum Gasteiger partial charge on any atom is 0.0535 e. The molecule has 2 rings (SSSR count). The minimum atomic E-state index is 0.119. The van der Waals surface area contributed by atoms with Crippen LogP contribution in [-0.2, 0) is 5.54 Å². The molecule has 1 atom stereocenters. The topological polar surface area (TPSA) is 15.3 Å². The molecule has 0 saturated carbocycles. The lowest BCUT2D eigenvalue weighted by Crippen LogP contribution is -2.55. The number of hydrogen-bond donors (Lipinski definition) is 1. The molecule has 1 aromatic rings. The highest BCUT2D eigenvalue weighted by Crippen LogP contribution is 2.23. The Kier molecular flexibility index (Phi) is 2.57. The van der Waals surface area contributed by atoms with Crippen molar-refractivity contribution in [2.75, 3.05) is 26.7 Å². The van der Waals surface area contributed by atoms with Gasteiger partial charge in [-0.2, -0.15) is 0 Å². The molecule has 0 spiro atoms. The summed E-state index contributed by atoms with van der Waals surface area (Å²) in [4.78, 5) is 2.38. The molecule has 14 heavy (non-hydrogen) atoms. The van der Waals surface area contributed by atoms with Gasteiger partial charge in [0.15, 0.2) is 0 Å². The predicted octanol–water partition coefficient (Wildman–Crippen LogP) is 1.44. The summed E-state index contributed by atoms with van der Waals surface area (Å²) in [5.41, 5.74) is 1.50. The Morgan fingerprint density at radius 2 is 2.00 bits per heavy atom. The first-order valence-corrected chi connectivity index (χ1v) is 5.20. The second kappa shape index (κ2) is 3.71. The molecule has 0 amide bonds. The van der Waals surface area contributed by atoms with Crippen LogP contribution >= 0.6 is 0 Å². The first-order chi connectivity index (χ1) is 6.71. The molecule has 76 valence electrons. The summed E-state index contributed by atoms with van der Waals surface area (Å²) in [6, 6.07) is 10.7. The number of benzene rings is 1. The summed E-state index contributed by atoms with van der Waals surface area (Å²) >= 11 is 0. The fraction of sp³-hybridized carbons (Fsp3) is 0.500. The summed E-state index contributed by atoms with van der Waals surface area (Å²) in [5.74, 6) is 0. The first-order valence-electron chi connectivity index (χ1n) is 5.20. The molecule has 1 aliphatic rings. The molecule has 2 nitrogen and oxygen atoms in total. The molecule has 0 aromatic heterocycles. The van der Waals surface area contributed by atoms with E-state index in [0.29, 0.717) is 0 Å². The van der Waals surface area contributed by atoms with Crippen molar-refractivity contribution in [1.29, 1.82) is 0 Å². The zero-order valence-corrected chi connectivity index (χ0v) is 8.96. The van der Waals surface area contributed by atoms with E-state index < -0.39 is 0 Å². The van der Waals surface area contributed by atoms with Crippen LogP contribution in [0.4, 0.5) is 0 Å². The highest BCUT2D eigenvalue weighted by Gasteiger charge is 2.30. The number of piperazine rings is 1. The van der Waals surface area contributed by atoms with E-state index in [1.54, 1.807) is 0 Å². The van der Waals surface area contributed by atoms with Crippen molar-refractivity contribution < 1.29 is 0 Å². The molecule has 1 saturated heterocycles. The molecule has 1 heterocycles. The van der Waals surface area contributed by atoms with Crippen LogP contribution in [0.3, 0.4) is 0 Å². The monoisotopic (exact) mass is 190 g/mol. The van der Waals surface area contributed by atoms with Gasteiger partial charge in [0.2, 0.25) is 0 Å². The van der Waals surface area contributed by atoms with Crippen molar-refractivity contribution >= 4 is 0 Å². The number of likely N-dealkylation sites (N-methyl/N-ethyl adjacent to an activating group) is 1. The van der Waals surface area contributed by atoms with Gasteiger partial charge in [-0.05, 0) is 19.5 Å². The van der Waals surface area contributed by atoms with Crippen molar-refractivity contribution in [3.63, 3.8) is 0 Å². The number of rotatable bonds is 1. The largest absolute Gasteiger partial charge is 0.305 e. The van der Waals surface area contributed by atoms with Gasteiger partial charge in [-0.3, -0.25) is 0 Å². The SMILES string of the molecule is CN1CCNC(C)(c2ccccc2)C1. The summed E-state index contributed by atoms with van der Waals surface area (Å²) in [6.07, 6.45) is 0. The minimum Gasteiger partial charge on any atom is -0.305 e. The summed E-state index contributed by atoms with van der Waals surface area (Å²) in [5, 5.41) is 3.60. The second-order valence-electron chi connectivity index (χ2n) is 4.36. The van der Waals surface area contributed by atoms with E-state index in [0.717, 1.165) is 19.6 Å². The second-order valence-corrected chi connectivity index (χ2v) is 4.36. The van der Waals surface area contributed by atoms with Gasteiger partial charge in [-0.1, -0.05) is 30.3 Å². The fourth-order valence-corrected chi connectivity index (χ4v) is 2.20. The van der Waals surface area contributed by atoms with Crippen molar-refractivity contribution in [2.45, 2.75) is 12.5 Å².